The molecule has 0 aromatic carbocycles. The van der Waals surface area contributed by atoms with Crippen molar-refractivity contribution < 1.29 is 23.9 Å². The molecular formula is C28H52N4O5S. The Bertz CT molecular complexity index is 770. The van der Waals surface area contributed by atoms with Crippen molar-refractivity contribution in [1.29, 1.82) is 0 Å². The van der Waals surface area contributed by atoms with Gasteiger partial charge < -0.3 is 24.6 Å². The molecule has 0 spiro atoms. The highest BCUT2D eigenvalue weighted by Gasteiger charge is 2.37. The number of hydrogen-bond donors (Lipinski definition) is 1. The number of likely N-dealkylation sites (N-methyl/N-ethyl adjacent to an activating group) is 2. The van der Waals surface area contributed by atoms with E-state index < -0.39 is 18.1 Å². The van der Waals surface area contributed by atoms with Gasteiger partial charge in [0.05, 0.1) is 19.3 Å². The molecule has 10 heteroatoms. The molecule has 3 atom stereocenters. The van der Waals surface area contributed by atoms with E-state index in [0.717, 1.165) is 39.1 Å². The van der Waals surface area contributed by atoms with E-state index in [1.54, 1.807) is 30.8 Å². The maximum Gasteiger partial charge on any atom is 0.246 e. The van der Waals surface area contributed by atoms with Gasteiger partial charge in [-0.3, -0.25) is 19.3 Å². The van der Waals surface area contributed by atoms with Crippen LogP contribution in [0.25, 0.3) is 0 Å². The van der Waals surface area contributed by atoms with Crippen molar-refractivity contribution in [2.24, 2.45) is 11.8 Å². The summed E-state index contributed by atoms with van der Waals surface area (Å²) in [6, 6.07) is -2.07. The lowest BCUT2D eigenvalue weighted by atomic mass is 9.99. The first-order valence-electron chi connectivity index (χ1n) is 14.0. The second-order valence-corrected chi connectivity index (χ2v) is 13.5. The second-order valence-electron chi connectivity index (χ2n) is 11.7. The normalized spacial score (nSPS) is 17.1. The SMILES string of the molecule is CCCC(=O)N(C)[C@H](CSC(C)(C)CN1CCOCC1)C(=O)N(C)[C@@H](CC(C)C)C(=O)N[C@@H](C=O)C(C)C. The summed E-state index contributed by atoms with van der Waals surface area (Å²) in [5, 5.41) is 2.82. The lowest BCUT2D eigenvalue weighted by Crippen LogP contribution is -2.57. The number of aldehydes is 1. The van der Waals surface area contributed by atoms with Crippen molar-refractivity contribution in [2.75, 3.05) is 52.7 Å². The molecule has 1 aliphatic heterocycles. The fourth-order valence-corrected chi connectivity index (χ4v) is 5.70. The summed E-state index contributed by atoms with van der Waals surface area (Å²) in [4.78, 5) is 57.1. The standard InChI is InChI=1S/C28H52N4O5S/c1-10-11-25(34)30(8)24(18-38-28(6,7)19-32-12-14-37-15-13-32)27(36)31(9)23(16-20(2)3)26(35)29-22(17-33)21(4)5/h17,20-24H,10-16,18-19H2,1-9H3,(H,29,35)/t22-,23-,24+/m0/s1. The highest BCUT2D eigenvalue weighted by molar-refractivity contribution is 8.00. The molecule has 9 nitrogen and oxygen atoms in total. The van der Waals surface area contributed by atoms with E-state index in [1.807, 2.05) is 34.6 Å². The monoisotopic (exact) mass is 556 g/mol. The first kappa shape index (κ1) is 34.4. The molecule has 38 heavy (non-hydrogen) atoms. The Morgan fingerprint density at radius 1 is 1.05 bits per heavy atom. The summed E-state index contributed by atoms with van der Waals surface area (Å²) in [5.74, 6) is -0.189. The average molecular weight is 557 g/mol. The van der Waals surface area contributed by atoms with Crippen LogP contribution in [0.4, 0.5) is 0 Å². The lowest BCUT2D eigenvalue weighted by molar-refractivity contribution is -0.147. The zero-order chi connectivity index (χ0) is 29.0. The van der Waals surface area contributed by atoms with E-state index in [2.05, 4.69) is 24.1 Å². The molecule has 0 unspecified atom stereocenters. The molecule has 1 heterocycles. The fourth-order valence-electron chi connectivity index (χ4n) is 4.46. The maximum atomic E-state index is 14.0. The molecule has 220 valence electrons. The van der Waals surface area contributed by atoms with Gasteiger partial charge in [0.1, 0.15) is 18.4 Å². The minimum Gasteiger partial charge on any atom is -0.379 e. The van der Waals surface area contributed by atoms with E-state index in [4.69, 9.17) is 4.74 Å². The van der Waals surface area contributed by atoms with Crippen molar-refractivity contribution in [2.45, 2.75) is 90.6 Å². The van der Waals surface area contributed by atoms with Gasteiger partial charge in [-0.15, -0.1) is 0 Å². The number of morpholine rings is 1. The van der Waals surface area contributed by atoms with Crippen molar-refractivity contribution in [3.63, 3.8) is 0 Å². The van der Waals surface area contributed by atoms with Gasteiger partial charge in [-0.2, -0.15) is 11.8 Å². The molecule has 1 N–H and O–H groups in total. The van der Waals surface area contributed by atoms with E-state index in [9.17, 15) is 19.2 Å². The first-order chi connectivity index (χ1) is 17.7. The summed E-state index contributed by atoms with van der Waals surface area (Å²) in [5.41, 5.74) is 0. The van der Waals surface area contributed by atoms with Gasteiger partial charge in [-0.1, -0.05) is 34.6 Å². The second kappa shape index (κ2) is 16.5. The third-order valence-corrected chi connectivity index (χ3v) is 8.33. The number of nitrogens with one attached hydrogen (secondary N) is 1. The molecule has 1 rings (SSSR count). The van der Waals surface area contributed by atoms with Crippen LogP contribution in [0.2, 0.25) is 0 Å². The van der Waals surface area contributed by atoms with Gasteiger partial charge in [0.2, 0.25) is 17.7 Å². The molecule has 0 radical (unpaired) electrons. The largest absolute Gasteiger partial charge is 0.379 e. The highest BCUT2D eigenvalue weighted by atomic mass is 32.2. The Balaban J connectivity index is 3.15. The number of amides is 3. The van der Waals surface area contributed by atoms with Gasteiger partial charge in [0.25, 0.3) is 0 Å². The van der Waals surface area contributed by atoms with Crippen LogP contribution in [0.5, 0.6) is 0 Å². The zero-order valence-electron chi connectivity index (χ0n) is 25.1. The Hall–Kier alpha value is -1.65. The Kier molecular flexibility index (Phi) is 14.9. The van der Waals surface area contributed by atoms with Crippen molar-refractivity contribution in [3.8, 4) is 0 Å². The molecule has 1 saturated heterocycles. The number of carbonyl (C=O) groups is 4. The summed E-state index contributed by atoms with van der Waals surface area (Å²) < 4.78 is 5.32. The Morgan fingerprint density at radius 2 is 1.66 bits per heavy atom. The van der Waals surface area contributed by atoms with Crippen molar-refractivity contribution in [3.05, 3.63) is 0 Å². The first-order valence-corrected chi connectivity index (χ1v) is 14.9. The smallest absolute Gasteiger partial charge is 0.246 e. The molecule has 0 aliphatic carbocycles. The van der Waals surface area contributed by atoms with Gasteiger partial charge in [0.15, 0.2) is 0 Å². The van der Waals surface area contributed by atoms with Gasteiger partial charge >= 0.3 is 0 Å². The van der Waals surface area contributed by atoms with E-state index >= 15 is 0 Å². The third kappa shape index (κ3) is 11.2. The molecule has 0 aromatic heterocycles. The molecular weight excluding hydrogens is 504 g/mol. The lowest BCUT2D eigenvalue weighted by Gasteiger charge is -2.38. The van der Waals surface area contributed by atoms with Gasteiger partial charge in [-0.05, 0) is 38.5 Å². The van der Waals surface area contributed by atoms with Crippen molar-refractivity contribution in [1.82, 2.24) is 20.0 Å². The highest BCUT2D eigenvalue weighted by Crippen LogP contribution is 2.28. The topological polar surface area (TPSA) is 99.3 Å². The molecule has 1 fully saturated rings. The average Bonchev–Trinajstić information content (AvgIpc) is 2.85. The quantitative estimate of drug-likeness (QED) is 0.292. The number of nitrogens with zero attached hydrogens (tertiary/aromatic N) is 3. The van der Waals surface area contributed by atoms with E-state index in [0.29, 0.717) is 25.0 Å². The molecule has 1 aliphatic rings. The summed E-state index contributed by atoms with van der Waals surface area (Å²) in [6.07, 6.45) is 2.24. The predicted molar refractivity (Wildman–Crippen MR) is 154 cm³/mol. The van der Waals surface area contributed by atoms with Crippen LogP contribution < -0.4 is 5.32 Å². The molecule has 0 saturated carbocycles. The molecule has 3 amide bonds. The fraction of sp³-hybridized carbons (Fsp3) is 0.857. The molecule has 0 bridgehead atoms. The minimum atomic E-state index is -0.743. The maximum absolute atomic E-state index is 14.0. The van der Waals surface area contributed by atoms with Crippen LogP contribution in [0.1, 0.15) is 67.7 Å². The van der Waals surface area contributed by atoms with E-state index in [1.165, 1.54) is 4.90 Å². The van der Waals surface area contributed by atoms with Crippen LogP contribution >= 0.6 is 11.8 Å². The van der Waals surface area contributed by atoms with Gasteiger partial charge in [0, 0.05) is 50.7 Å². The van der Waals surface area contributed by atoms with Crippen LogP contribution in [-0.4, -0.2) is 114 Å². The number of carbonyl (C=O) groups excluding carboxylic acids is 4. The summed E-state index contributed by atoms with van der Waals surface area (Å²) >= 11 is 1.67. The number of ether oxygens (including phenoxy) is 1. The van der Waals surface area contributed by atoms with E-state index in [-0.39, 0.29) is 34.3 Å². The summed E-state index contributed by atoms with van der Waals surface area (Å²) in [7, 11) is 3.32. The van der Waals surface area contributed by atoms with Crippen molar-refractivity contribution >= 4 is 35.8 Å². The summed E-state index contributed by atoms with van der Waals surface area (Å²) in [6.45, 7) is 18.1. The number of thioether (sulfide) groups is 1. The van der Waals surface area contributed by atoms with Gasteiger partial charge in [-0.25, -0.2) is 0 Å². The Morgan fingerprint density at radius 3 is 2.16 bits per heavy atom. The van der Waals surface area contributed by atoms with Crippen LogP contribution in [0.3, 0.4) is 0 Å². The zero-order valence-corrected chi connectivity index (χ0v) is 25.9. The number of rotatable bonds is 16. The minimum absolute atomic E-state index is 0.0622. The number of hydrogen-bond acceptors (Lipinski definition) is 7. The predicted octanol–water partition coefficient (Wildman–Crippen LogP) is 2.67. The van der Waals surface area contributed by atoms with Crippen LogP contribution in [0.15, 0.2) is 0 Å². The van der Waals surface area contributed by atoms with Crippen LogP contribution in [-0.2, 0) is 23.9 Å². The molecule has 0 aromatic rings. The van der Waals surface area contributed by atoms with Crippen LogP contribution in [0, 0.1) is 11.8 Å². The third-order valence-electron chi connectivity index (χ3n) is 6.94. The Labute approximate surface area is 234 Å².